The topological polar surface area (TPSA) is 30.5 Å². The molecular weight excluding hydrogens is 233 g/mol. The molecule has 2 unspecified atom stereocenters. The van der Waals surface area contributed by atoms with Crippen molar-refractivity contribution in [2.75, 3.05) is 6.54 Å². The largest absolute Gasteiger partial charge is 0.346 e. The number of fused-ring (bicyclic) bond motifs is 1. The van der Waals surface area contributed by atoms with Gasteiger partial charge in [0.15, 0.2) is 6.29 Å². The summed E-state index contributed by atoms with van der Waals surface area (Å²) in [5.41, 5.74) is 1.92. The molecule has 1 aromatic rings. The van der Waals surface area contributed by atoms with E-state index < -0.39 is 0 Å². The second-order valence-electron chi connectivity index (χ2n) is 4.96. The van der Waals surface area contributed by atoms with E-state index in [1.54, 1.807) is 6.07 Å². The molecule has 1 fully saturated rings. The van der Waals surface area contributed by atoms with E-state index in [9.17, 15) is 4.39 Å². The first-order chi connectivity index (χ1) is 8.83. The molecule has 1 aromatic carbocycles. The lowest BCUT2D eigenvalue weighted by Gasteiger charge is -2.29. The highest BCUT2D eigenvalue weighted by atomic mass is 19.1. The van der Waals surface area contributed by atoms with E-state index in [1.165, 1.54) is 25.0 Å². The van der Waals surface area contributed by atoms with E-state index in [1.807, 2.05) is 0 Å². The van der Waals surface area contributed by atoms with Gasteiger partial charge in [0.2, 0.25) is 0 Å². The molecular formula is C14H18FNO2. The molecule has 0 aliphatic carbocycles. The van der Waals surface area contributed by atoms with Gasteiger partial charge in [-0.25, -0.2) is 4.39 Å². The zero-order valence-electron chi connectivity index (χ0n) is 10.3. The minimum atomic E-state index is -0.222. The van der Waals surface area contributed by atoms with E-state index in [2.05, 4.69) is 5.32 Å². The van der Waals surface area contributed by atoms with Crippen LogP contribution in [0.2, 0.25) is 0 Å². The van der Waals surface area contributed by atoms with Gasteiger partial charge in [0.25, 0.3) is 0 Å². The van der Waals surface area contributed by atoms with Crippen molar-refractivity contribution in [3.63, 3.8) is 0 Å². The van der Waals surface area contributed by atoms with Crippen LogP contribution in [0.25, 0.3) is 0 Å². The van der Waals surface area contributed by atoms with Crippen molar-refractivity contribution in [3.8, 4) is 0 Å². The van der Waals surface area contributed by atoms with Crippen molar-refractivity contribution < 1.29 is 13.9 Å². The van der Waals surface area contributed by atoms with Crippen molar-refractivity contribution in [1.29, 1.82) is 0 Å². The maximum absolute atomic E-state index is 13.2. The standard InChI is InChI=1S/C14H18FNO2/c15-12-5-4-10-8-17-14(18-9-11(10)7-12)13-3-1-2-6-16-13/h4-5,7,13-14,16H,1-3,6,8-9H2. The molecule has 0 aromatic heterocycles. The lowest BCUT2D eigenvalue weighted by Crippen LogP contribution is -2.45. The third kappa shape index (κ3) is 2.55. The smallest absolute Gasteiger partial charge is 0.173 e. The summed E-state index contributed by atoms with van der Waals surface area (Å²) in [6.45, 7) is 1.95. The van der Waals surface area contributed by atoms with Gasteiger partial charge in [0.1, 0.15) is 5.82 Å². The van der Waals surface area contributed by atoms with Gasteiger partial charge in [0.05, 0.1) is 19.3 Å². The van der Waals surface area contributed by atoms with Crippen LogP contribution in [0.4, 0.5) is 4.39 Å². The Labute approximate surface area is 106 Å². The molecule has 2 heterocycles. The van der Waals surface area contributed by atoms with Gasteiger partial charge < -0.3 is 14.8 Å². The zero-order chi connectivity index (χ0) is 12.4. The summed E-state index contributed by atoms with van der Waals surface area (Å²) in [5, 5.41) is 3.43. The number of piperidine rings is 1. The summed E-state index contributed by atoms with van der Waals surface area (Å²) in [7, 11) is 0. The van der Waals surface area contributed by atoms with Gasteiger partial charge in [-0.3, -0.25) is 0 Å². The number of ether oxygens (including phenoxy) is 2. The van der Waals surface area contributed by atoms with E-state index in [0.29, 0.717) is 13.2 Å². The zero-order valence-corrected chi connectivity index (χ0v) is 10.3. The Bertz CT molecular complexity index is 418. The van der Waals surface area contributed by atoms with Crippen LogP contribution in [0.15, 0.2) is 18.2 Å². The van der Waals surface area contributed by atoms with E-state index in [0.717, 1.165) is 24.1 Å². The fourth-order valence-electron chi connectivity index (χ4n) is 2.60. The maximum atomic E-state index is 13.2. The fourth-order valence-corrected chi connectivity index (χ4v) is 2.60. The quantitative estimate of drug-likeness (QED) is 0.831. The lowest BCUT2D eigenvalue weighted by atomic mass is 10.0. The average Bonchev–Trinajstić information content (AvgIpc) is 2.62. The van der Waals surface area contributed by atoms with Crippen LogP contribution in [-0.2, 0) is 22.7 Å². The Hall–Kier alpha value is -0.970. The molecule has 4 heteroatoms. The monoisotopic (exact) mass is 251 g/mol. The third-order valence-electron chi connectivity index (χ3n) is 3.65. The summed E-state index contributed by atoms with van der Waals surface area (Å²) in [6, 6.07) is 5.06. The summed E-state index contributed by atoms with van der Waals surface area (Å²) >= 11 is 0. The second kappa shape index (κ2) is 5.34. The molecule has 0 radical (unpaired) electrons. The Morgan fingerprint density at radius 2 is 1.94 bits per heavy atom. The molecule has 1 saturated heterocycles. The molecule has 98 valence electrons. The molecule has 1 N–H and O–H groups in total. The van der Waals surface area contributed by atoms with Gasteiger partial charge in [-0.05, 0) is 42.6 Å². The molecule has 3 nitrogen and oxygen atoms in total. The fraction of sp³-hybridized carbons (Fsp3) is 0.571. The minimum Gasteiger partial charge on any atom is -0.346 e. The Balaban J connectivity index is 1.70. The van der Waals surface area contributed by atoms with Crippen LogP contribution in [-0.4, -0.2) is 18.9 Å². The molecule has 2 aliphatic heterocycles. The van der Waals surface area contributed by atoms with Crippen molar-refractivity contribution in [2.45, 2.75) is 44.8 Å². The van der Waals surface area contributed by atoms with Crippen LogP contribution in [0.3, 0.4) is 0 Å². The van der Waals surface area contributed by atoms with Crippen LogP contribution in [0, 0.1) is 5.82 Å². The molecule has 0 saturated carbocycles. The number of hydrogen-bond acceptors (Lipinski definition) is 3. The van der Waals surface area contributed by atoms with Crippen LogP contribution in [0.5, 0.6) is 0 Å². The highest BCUT2D eigenvalue weighted by Gasteiger charge is 2.27. The summed E-state index contributed by atoms with van der Waals surface area (Å²) in [4.78, 5) is 0. The maximum Gasteiger partial charge on any atom is 0.173 e. The van der Waals surface area contributed by atoms with Crippen LogP contribution < -0.4 is 5.32 Å². The predicted molar refractivity (Wildman–Crippen MR) is 65.4 cm³/mol. The molecule has 0 spiro atoms. The number of benzene rings is 1. The number of nitrogens with one attached hydrogen (secondary N) is 1. The third-order valence-corrected chi connectivity index (χ3v) is 3.65. The van der Waals surface area contributed by atoms with Crippen molar-refractivity contribution in [3.05, 3.63) is 35.1 Å². The van der Waals surface area contributed by atoms with E-state index in [-0.39, 0.29) is 18.1 Å². The predicted octanol–water partition coefficient (Wildman–Crippen LogP) is 2.34. The van der Waals surface area contributed by atoms with Gasteiger partial charge in [-0.1, -0.05) is 12.5 Å². The minimum absolute atomic E-state index is 0.216. The van der Waals surface area contributed by atoms with Crippen molar-refractivity contribution >= 4 is 0 Å². The van der Waals surface area contributed by atoms with Crippen molar-refractivity contribution in [1.82, 2.24) is 5.32 Å². The highest BCUT2D eigenvalue weighted by Crippen LogP contribution is 2.23. The lowest BCUT2D eigenvalue weighted by molar-refractivity contribution is -0.168. The molecule has 0 amide bonds. The summed E-state index contributed by atoms with van der Waals surface area (Å²) < 4.78 is 24.7. The van der Waals surface area contributed by atoms with E-state index in [4.69, 9.17) is 9.47 Å². The summed E-state index contributed by atoms with van der Waals surface area (Å²) in [5.74, 6) is -0.216. The number of rotatable bonds is 1. The normalized spacial score (nSPS) is 28.5. The van der Waals surface area contributed by atoms with Crippen molar-refractivity contribution in [2.24, 2.45) is 0 Å². The summed E-state index contributed by atoms with van der Waals surface area (Å²) in [6.07, 6.45) is 3.28. The Morgan fingerprint density at radius 3 is 2.72 bits per heavy atom. The molecule has 2 atom stereocenters. The molecule has 2 aliphatic rings. The SMILES string of the molecule is Fc1ccc2c(c1)COC(C1CCCCN1)OC2. The number of halogens is 1. The average molecular weight is 251 g/mol. The van der Waals surface area contributed by atoms with Gasteiger partial charge in [0, 0.05) is 0 Å². The molecule has 0 bridgehead atoms. The van der Waals surface area contributed by atoms with Crippen LogP contribution >= 0.6 is 0 Å². The van der Waals surface area contributed by atoms with E-state index >= 15 is 0 Å². The van der Waals surface area contributed by atoms with Gasteiger partial charge in [-0.15, -0.1) is 0 Å². The first-order valence-corrected chi connectivity index (χ1v) is 6.57. The molecule has 3 rings (SSSR count). The Kier molecular flexibility index (Phi) is 3.59. The Morgan fingerprint density at radius 1 is 1.11 bits per heavy atom. The molecule has 18 heavy (non-hydrogen) atoms. The number of hydrogen-bond donors (Lipinski definition) is 1. The van der Waals surface area contributed by atoms with Gasteiger partial charge >= 0.3 is 0 Å². The highest BCUT2D eigenvalue weighted by molar-refractivity contribution is 5.27. The first kappa shape index (κ1) is 12.1. The first-order valence-electron chi connectivity index (χ1n) is 6.57. The van der Waals surface area contributed by atoms with Crippen LogP contribution in [0.1, 0.15) is 30.4 Å². The van der Waals surface area contributed by atoms with Gasteiger partial charge in [-0.2, -0.15) is 0 Å². The second-order valence-corrected chi connectivity index (χ2v) is 4.96.